The second-order valence-electron chi connectivity index (χ2n) is 4.34. The first-order valence-corrected chi connectivity index (χ1v) is 5.41. The predicted molar refractivity (Wildman–Crippen MR) is 66.3 cm³/mol. The zero-order valence-corrected chi connectivity index (χ0v) is 10.0. The SMILES string of the molecule is COC(C)(CN)c1ccc2ccn(C)c2c1. The van der Waals surface area contributed by atoms with E-state index in [0.717, 1.165) is 5.56 Å². The van der Waals surface area contributed by atoms with E-state index in [1.54, 1.807) is 7.11 Å². The van der Waals surface area contributed by atoms with Crippen molar-refractivity contribution in [2.45, 2.75) is 12.5 Å². The number of rotatable bonds is 3. The second kappa shape index (κ2) is 3.92. The number of aryl methyl sites for hydroxylation is 1. The normalized spacial score (nSPS) is 15.2. The zero-order chi connectivity index (χ0) is 11.8. The Morgan fingerprint density at radius 1 is 1.38 bits per heavy atom. The largest absolute Gasteiger partial charge is 0.372 e. The third kappa shape index (κ3) is 1.62. The Balaban J connectivity index is 2.57. The van der Waals surface area contributed by atoms with E-state index in [-0.39, 0.29) is 0 Å². The van der Waals surface area contributed by atoms with E-state index in [1.807, 2.05) is 14.0 Å². The van der Waals surface area contributed by atoms with Crippen molar-refractivity contribution in [3.63, 3.8) is 0 Å². The third-order valence-electron chi connectivity index (χ3n) is 3.34. The minimum Gasteiger partial charge on any atom is -0.372 e. The van der Waals surface area contributed by atoms with E-state index in [2.05, 4.69) is 35.0 Å². The first kappa shape index (κ1) is 11.2. The number of benzene rings is 1. The van der Waals surface area contributed by atoms with Gasteiger partial charge in [-0.2, -0.15) is 0 Å². The van der Waals surface area contributed by atoms with Crippen LogP contribution in [0.2, 0.25) is 0 Å². The highest BCUT2D eigenvalue weighted by molar-refractivity contribution is 5.81. The minimum absolute atomic E-state index is 0.404. The van der Waals surface area contributed by atoms with Crippen LogP contribution in [0, 0.1) is 0 Å². The van der Waals surface area contributed by atoms with E-state index in [1.165, 1.54) is 10.9 Å². The lowest BCUT2D eigenvalue weighted by Crippen LogP contribution is -2.33. The zero-order valence-electron chi connectivity index (χ0n) is 10.0. The molecule has 1 unspecified atom stereocenters. The van der Waals surface area contributed by atoms with Gasteiger partial charge in [0, 0.05) is 32.4 Å². The molecule has 1 heterocycles. The third-order valence-corrected chi connectivity index (χ3v) is 3.34. The topological polar surface area (TPSA) is 40.2 Å². The average Bonchev–Trinajstić information content (AvgIpc) is 2.70. The van der Waals surface area contributed by atoms with E-state index < -0.39 is 5.60 Å². The van der Waals surface area contributed by atoms with Crippen molar-refractivity contribution < 1.29 is 4.74 Å². The first-order chi connectivity index (χ1) is 7.60. The van der Waals surface area contributed by atoms with Crippen LogP contribution in [0.1, 0.15) is 12.5 Å². The minimum atomic E-state index is -0.404. The summed E-state index contributed by atoms with van der Waals surface area (Å²) in [4.78, 5) is 0. The molecule has 0 radical (unpaired) electrons. The first-order valence-electron chi connectivity index (χ1n) is 5.41. The fourth-order valence-electron chi connectivity index (χ4n) is 1.91. The van der Waals surface area contributed by atoms with Gasteiger partial charge < -0.3 is 15.0 Å². The Morgan fingerprint density at radius 3 is 2.75 bits per heavy atom. The van der Waals surface area contributed by atoms with Crippen molar-refractivity contribution in [1.29, 1.82) is 0 Å². The molecule has 16 heavy (non-hydrogen) atoms. The van der Waals surface area contributed by atoms with Crippen LogP contribution >= 0.6 is 0 Å². The summed E-state index contributed by atoms with van der Waals surface area (Å²) in [6, 6.07) is 8.44. The molecule has 0 spiro atoms. The van der Waals surface area contributed by atoms with Crippen LogP contribution in [0.15, 0.2) is 30.5 Å². The lowest BCUT2D eigenvalue weighted by molar-refractivity contribution is 0.0102. The van der Waals surface area contributed by atoms with Gasteiger partial charge in [-0.1, -0.05) is 12.1 Å². The van der Waals surface area contributed by atoms with Gasteiger partial charge in [-0.25, -0.2) is 0 Å². The number of methoxy groups -OCH3 is 1. The number of aromatic nitrogens is 1. The van der Waals surface area contributed by atoms with Crippen LogP contribution in [0.25, 0.3) is 10.9 Å². The van der Waals surface area contributed by atoms with E-state index in [0.29, 0.717) is 6.54 Å². The summed E-state index contributed by atoms with van der Waals surface area (Å²) in [7, 11) is 3.74. The summed E-state index contributed by atoms with van der Waals surface area (Å²) in [5.41, 5.74) is 7.69. The van der Waals surface area contributed by atoms with Crippen LogP contribution in [-0.4, -0.2) is 18.2 Å². The number of nitrogens with two attached hydrogens (primary N) is 1. The fraction of sp³-hybridized carbons (Fsp3) is 0.385. The standard InChI is InChI=1S/C13H18N2O/c1-13(9-14,16-3)11-5-4-10-6-7-15(2)12(10)8-11/h4-8H,9,14H2,1-3H3. The lowest BCUT2D eigenvalue weighted by atomic mass is 9.95. The number of hydrogen-bond donors (Lipinski definition) is 1. The highest BCUT2D eigenvalue weighted by Gasteiger charge is 2.24. The summed E-state index contributed by atoms with van der Waals surface area (Å²) in [5.74, 6) is 0. The number of fused-ring (bicyclic) bond motifs is 1. The second-order valence-corrected chi connectivity index (χ2v) is 4.34. The highest BCUT2D eigenvalue weighted by atomic mass is 16.5. The Kier molecular flexibility index (Phi) is 2.74. The average molecular weight is 218 g/mol. The molecule has 0 saturated carbocycles. The van der Waals surface area contributed by atoms with Crippen LogP contribution in [0.5, 0.6) is 0 Å². The van der Waals surface area contributed by atoms with Crippen LogP contribution in [0.3, 0.4) is 0 Å². The molecule has 0 bridgehead atoms. The molecule has 0 fully saturated rings. The summed E-state index contributed by atoms with van der Waals surface area (Å²) in [6.45, 7) is 2.48. The highest BCUT2D eigenvalue weighted by Crippen LogP contribution is 2.27. The van der Waals surface area contributed by atoms with Gasteiger partial charge in [0.15, 0.2) is 0 Å². The monoisotopic (exact) mass is 218 g/mol. The lowest BCUT2D eigenvalue weighted by Gasteiger charge is -2.27. The number of hydrogen-bond acceptors (Lipinski definition) is 2. The van der Waals surface area contributed by atoms with E-state index in [4.69, 9.17) is 10.5 Å². The van der Waals surface area contributed by atoms with Gasteiger partial charge in [0.05, 0.1) is 0 Å². The van der Waals surface area contributed by atoms with Gasteiger partial charge in [0.25, 0.3) is 0 Å². The molecule has 0 aliphatic heterocycles. The van der Waals surface area contributed by atoms with Crippen molar-refractivity contribution in [3.8, 4) is 0 Å². The number of ether oxygens (including phenoxy) is 1. The molecule has 3 nitrogen and oxygen atoms in total. The molecule has 0 saturated heterocycles. The predicted octanol–water partition coefficient (Wildman–Crippen LogP) is 2.00. The molecule has 1 atom stereocenters. The maximum atomic E-state index is 5.78. The van der Waals surface area contributed by atoms with Crippen LogP contribution < -0.4 is 5.73 Å². The molecule has 2 aromatic rings. The van der Waals surface area contributed by atoms with Crippen LogP contribution in [0.4, 0.5) is 0 Å². The Bertz CT molecular complexity index is 498. The Labute approximate surface area is 95.8 Å². The van der Waals surface area contributed by atoms with Crippen LogP contribution in [-0.2, 0) is 17.4 Å². The van der Waals surface area contributed by atoms with Gasteiger partial charge in [-0.05, 0) is 30.0 Å². The summed E-state index contributed by atoms with van der Waals surface area (Å²) >= 11 is 0. The molecular weight excluding hydrogens is 200 g/mol. The molecule has 2 rings (SSSR count). The fourth-order valence-corrected chi connectivity index (χ4v) is 1.91. The molecule has 1 aromatic heterocycles. The quantitative estimate of drug-likeness (QED) is 0.856. The van der Waals surface area contributed by atoms with Crippen molar-refractivity contribution in [1.82, 2.24) is 4.57 Å². The van der Waals surface area contributed by atoms with Crippen molar-refractivity contribution >= 4 is 10.9 Å². The molecule has 0 aliphatic rings. The molecule has 0 amide bonds. The van der Waals surface area contributed by atoms with Gasteiger partial charge in [-0.15, -0.1) is 0 Å². The van der Waals surface area contributed by atoms with Crippen molar-refractivity contribution in [2.24, 2.45) is 12.8 Å². The number of nitrogens with zero attached hydrogens (tertiary/aromatic N) is 1. The maximum absolute atomic E-state index is 5.78. The Hall–Kier alpha value is -1.32. The van der Waals surface area contributed by atoms with Gasteiger partial charge in [0.1, 0.15) is 5.60 Å². The summed E-state index contributed by atoms with van der Waals surface area (Å²) in [6.07, 6.45) is 2.06. The maximum Gasteiger partial charge on any atom is 0.102 e. The molecule has 86 valence electrons. The molecular formula is C13H18N2O. The van der Waals surface area contributed by atoms with Crippen molar-refractivity contribution in [2.75, 3.05) is 13.7 Å². The van der Waals surface area contributed by atoms with Gasteiger partial charge >= 0.3 is 0 Å². The van der Waals surface area contributed by atoms with E-state index in [9.17, 15) is 0 Å². The van der Waals surface area contributed by atoms with E-state index >= 15 is 0 Å². The summed E-state index contributed by atoms with van der Waals surface area (Å²) in [5, 5.41) is 1.24. The van der Waals surface area contributed by atoms with Gasteiger partial charge in [0.2, 0.25) is 0 Å². The molecule has 0 aliphatic carbocycles. The van der Waals surface area contributed by atoms with Gasteiger partial charge in [-0.3, -0.25) is 0 Å². The van der Waals surface area contributed by atoms with Crippen molar-refractivity contribution in [3.05, 3.63) is 36.0 Å². The molecule has 2 N–H and O–H groups in total. The smallest absolute Gasteiger partial charge is 0.102 e. The molecule has 3 heteroatoms. The summed E-state index contributed by atoms with van der Waals surface area (Å²) < 4.78 is 7.61. The molecule has 1 aromatic carbocycles. The Morgan fingerprint density at radius 2 is 2.12 bits per heavy atom.